The van der Waals surface area contributed by atoms with Crippen LogP contribution in [0.25, 0.3) is 21.9 Å². The molecule has 0 aliphatic heterocycles. The van der Waals surface area contributed by atoms with Crippen molar-refractivity contribution in [3.05, 3.63) is 74.6 Å². The average Bonchev–Trinajstić information content (AvgIpc) is 2.99. The van der Waals surface area contributed by atoms with Crippen LogP contribution in [0.5, 0.6) is 5.88 Å². The summed E-state index contributed by atoms with van der Waals surface area (Å²) in [5, 5.41) is 28.8. The highest BCUT2D eigenvalue weighted by Gasteiger charge is 2.17. The molecule has 2 aromatic carbocycles. The van der Waals surface area contributed by atoms with Crippen molar-refractivity contribution in [2.45, 2.75) is 0 Å². The SMILES string of the molecule is O=C(N=Nc1c(O)[nH]c2ccc([N+](=O)[O-])cc12)c1cc2ccccc2oc1=O. The van der Waals surface area contributed by atoms with Crippen LogP contribution < -0.4 is 5.63 Å². The third-order valence-corrected chi connectivity index (χ3v) is 4.06. The van der Waals surface area contributed by atoms with Crippen molar-refractivity contribution < 1.29 is 19.2 Å². The molecule has 1 amide bonds. The van der Waals surface area contributed by atoms with Crippen LogP contribution in [0, 0.1) is 10.1 Å². The summed E-state index contributed by atoms with van der Waals surface area (Å²) in [5.74, 6) is -1.39. The van der Waals surface area contributed by atoms with E-state index >= 15 is 0 Å². The highest BCUT2D eigenvalue weighted by molar-refractivity contribution is 5.98. The van der Waals surface area contributed by atoms with Gasteiger partial charge < -0.3 is 14.5 Å². The first-order valence-electron chi connectivity index (χ1n) is 7.92. The second-order valence-electron chi connectivity index (χ2n) is 5.80. The Morgan fingerprint density at radius 2 is 1.96 bits per heavy atom. The molecule has 0 aliphatic carbocycles. The largest absolute Gasteiger partial charge is 0.493 e. The van der Waals surface area contributed by atoms with Crippen molar-refractivity contribution in [2.24, 2.45) is 10.2 Å². The van der Waals surface area contributed by atoms with Crippen LogP contribution in [0.1, 0.15) is 10.4 Å². The van der Waals surface area contributed by atoms with Gasteiger partial charge in [-0.3, -0.25) is 14.9 Å². The zero-order valence-electron chi connectivity index (χ0n) is 13.9. The zero-order valence-corrected chi connectivity index (χ0v) is 13.9. The number of aromatic hydroxyl groups is 1. The van der Waals surface area contributed by atoms with Gasteiger partial charge in [-0.15, -0.1) is 10.2 Å². The minimum Gasteiger partial charge on any atom is -0.493 e. The van der Waals surface area contributed by atoms with Gasteiger partial charge in [-0.05, 0) is 18.2 Å². The molecule has 0 fully saturated rings. The minimum atomic E-state index is -0.973. The Bertz CT molecular complexity index is 1350. The standard InChI is InChI=1S/C18H10N4O6/c23-16(12-7-9-3-1-2-4-14(9)28-18(12)25)21-20-15-11-8-10(22(26)27)5-6-13(11)19-17(15)24/h1-8,19,24H. The zero-order chi connectivity index (χ0) is 19.8. The van der Waals surface area contributed by atoms with Crippen molar-refractivity contribution in [2.75, 3.05) is 0 Å². The summed E-state index contributed by atoms with van der Waals surface area (Å²) in [5.41, 5.74) is -0.881. The number of carbonyl (C=O) groups excluding carboxylic acids is 1. The van der Waals surface area contributed by atoms with E-state index in [9.17, 15) is 24.8 Å². The van der Waals surface area contributed by atoms with Crippen LogP contribution in [0.4, 0.5) is 11.4 Å². The second-order valence-corrected chi connectivity index (χ2v) is 5.80. The lowest BCUT2D eigenvalue weighted by Crippen LogP contribution is -2.11. The van der Waals surface area contributed by atoms with Crippen LogP contribution in [-0.4, -0.2) is 20.9 Å². The number of aromatic nitrogens is 1. The molecular weight excluding hydrogens is 368 g/mol. The van der Waals surface area contributed by atoms with Crippen LogP contribution in [0.15, 0.2) is 68.0 Å². The third-order valence-electron chi connectivity index (χ3n) is 4.06. The first-order chi connectivity index (χ1) is 13.4. The van der Waals surface area contributed by atoms with Gasteiger partial charge in [0.1, 0.15) is 11.1 Å². The maximum atomic E-state index is 12.3. The van der Waals surface area contributed by atoms with E-state index in [1.165, 1.54) is 24.3 Å². The van der Waals surface area contributed by atoms with Gasteiger partial charge in [0.05, 0.1) is 10.4 Å². The lowest BCUT2D eigenvalue weighted by Gasteiger charge is -1.98. The molecule has 138 valence electrons. The Morgan fingerprint density at radius 3 is 2.75 bits per heavy atom. The monoisotopic (exact) mass is 378 g/mol. The third kappa shape index (κ3) is 2.88. The summed E-state index contributed by atoms with van der Waals surface area (Å²) in [7, 11) is 0. The predicted octanol–water partition coefficient (Wildman–Crippen LogP) is 3.81. The van der Waals surface area contributed by atoms with Crippen LogP contribution in [-0.2, 0) is 0 Å². The molecule has 0 saturated heterocycles. The van der Waals surface area contributed by atoms with E-state index in [1.54, 1.807) is 24.3 Å². The molecule has 0 saturated carbocycles. The van der Waals surface area contributed by atoms with Gasteiger partial charge in [-0.1, -0.05) is 18.2 Å². The number of non-ortho nitro benzene ring substituents is 1. The number of H-pyrrole nitrogens is 1. The number of hydrogen-bond donors (Lipinski definition) is 2. The van der Waals surface area contributed by atoms with E-state index in [1.807, 2.05) is 0 Å². The van der Waals surface area contributed by atoms with Crippen molar-refractivity contribution in [1.29, 1.82) is 0 Å². The summed E-state index contributed by atoms with van der Waals surface area (Å²) >= 11 is 0. The van der Waals surface area contributed by atoms with E-state index in [2.05, 4.69) is 15.2 Å². The van der Waals surface area contributed by atoms with Crippen LogP contribution >= 0.6 is 0 Å². The Labute approximate surface area is 154 Å². The molecule has 10 heteroatoms. The molecule has 0 radical (unpaired) electrons. The van der Waals surface area contributed by atoms with Crippen LogP contribution in [0.2, 0.25) is 0 Å². The molecular formula is C18H10N4O6. The fraction of sp³-hybridized carbons (Fsp3) is 0. The highest BCUT2D eigenvalue weighted by Crippen LogP contribution is 2.37. The number of aromatic amines is 1. The fourth-order valence-electron chi connectivity index (χ4n) is 2.73. The number of hydrogen-bond acceptors (Lipinski definition) is 7. The number of para-hydroxylation sites is 1. The van der Waals surface area contributed by atoms with Gasteiger partial charge in [0.25, 0.3) is 5.69 Å². The number of nitrogens with zero attached hydrogens (tertiary/aromatic N) is 3. The summed E-state index contributed by atoms with van der Waals surface area (Å²) < 4.78 is 5.08. The number of fused-ring (bicyclic) bond motifs is 2. The molecule has 0 unspecified atom stereocenters. The average molecular weight is 378 g/mol. The molecule has 28 heavy (non-hydrogen) atoms. The Morgan fingerprint density at radius 1 is 1.18 bits per heavy atom. The first kappa shape index (κ1) is 17.1. The lowest BCUT2D eigenvalue weighted by molar-refractivity contribution is -0.384. The number of rotatable bonds is 3. The molecule has 0 bridgehead atoms. The van der Waals surface area contributed by atoms with E-state index < -0.39 is 22.3 Å². The lowest BCUT2D eigenvalue weighted by atomic mass is 10.2. The summed E-state index contributed by atoms with van der Waals surface area (Å²) in [4.78, 5) is 37.2. The molecule has 2 aromatic heterocycles. The van der Waals surface area contributed by atoms with E-state index in [0.717, 1.165) is 0 Å². The quantitative estimate of drug-likeness (QED) is 0.239. The van der Waals surface area contributed by atoms with Crippen LogP contribution in [0.3, 0.4) is 0 Å². The molecule has 0 atom stereocenters. The fourth-order valence-corrected chi connectivity index (χ4v) is 2.73. The molecule has 4 aromatic rings. The van der Waals surface area contributed by atoms with Gasteiger partial charge >= 0.3 is 11.5 Å². The normalized spacial score (nSPS) is 11.4. The number of amides is 1. The molecule has 0 aliphatic rings. The first-order valence-corrected chi connectivity index (χ1v) is 7.92. The Balaban J connectivity index is 1.75. The molecule has 0 spiro atoms. The maximum absolute atomic E-state index is 12.3. The van der Waals surface area contributed by atoms with Crippen molar-refractivity contribution in [3.8, 4) is 5.88 Å². The molecule has 10 nitrogen and oxygen atoms in total. The molecule has 4 rings (SSSR count). The number of nitro groups is 1. The van der Waals surface area contributed by atoms with E-state index in [-0.39, 0.29) is 22.3 Å². The van der Waals surface area contributed by atoms with Crippen molar-refractivity contribution in [1.82, 2.24) is 4.98 Å². The highest BCUT2D eigenvalue weighted by atomic mass is 16.6. The molecule has 2 heterocycles. The predicted molar refractivity (Wildman–Crippen MR) is 97.9 cm³/mol. The van der Waals surface area contributed by atoms with Gasteiger partial charge in [-0.25, -0.2) is 4.79 Å². The Kier molecular flexibility index (Phi) is 3.93. The number of azo groups is 1. The van der Waals surface area contributed by atoms with Gasteiger partial charge in [-0.2, -0.15) is 0 Å². The molecule has 2 N–H and O–H groups in total. The number of nitro benzene ring substituents is 1. The second kappa shape index (κ2) is 6.43. The number of nitrogens with one attached hydrogen (secondary N) is 1. The van der Waals surface area contributed by atoms with Gasteiger partial charge in [0.15, 0.2) is 5.69 Å². The van der Waals surface area contributed by atoms with Gasteiger partial charge in [0.2, 0.25) is 5.88 Å². The smallest absolute Gasteiger partial charge is 0.349 e. The van der Waals surface area contributed by atoms with E-state index in [4.69, 9.17) is 4.42 Å². The number of benzene rings is 2. The van der Waals surface area contributed by atoms with Crippen molar-refractivity contribution in [3.63, 3.8) is 0 Å². The minimum absolute atomic E-state index is 0.155. The number of carbonyl (C=O) groups is 1. The van der Waals surface area contributed by atoms with E-state index in [0.29, 0.717) is 16.5 Å². The van der Waals surface area contributed by atoms with Crippen molar-refractivity contribution >= 4 is 39.2 Å². The maximum Gasteiger partial charge on any atom is 0.349 e. The van der Waals surface area contributed by atoms with Gasteiger partial charge in [0, 0.05) is 22.9 Å². The summed E-state index contributed by atoms with van der Waals surface area (Å²) in [6, 6.07) is 11.8. The summed E-state index contributed by atoms with van der Waals surface area (Å²) in [6.07, 6.45) is 0. The Hall–Kier alpha value is -4.34. The summed E-state index contributed by atoms with van der Waals surface area (Å²) in [6.45, 7) is 0. The topological polar surface area (TPSA) is 151 Å².